The molecule has 2 rings (SSSR count). The molecule has 1 N–H and O–H groups in total. The van der Waals surface area contributed by atoms with Crippen LogP contribution in [0.2, 0.25) is 0 Å². The number of nitriles is 1. The van der Waals surface area contributed by atoms with E-state index in [9.17, 15) is 4.39 Å². The number of hydrogen-bond donors (Lipinski definition) is 1. The SMILES string of the molecule is C[C@H](NCc1cccnc1C#N)c1cccc(F)c1. The van der Waals surface area contributed by atoms with Gasteiger partial charge in [-0.05, 0) is 30.7 Å². The molecule has 2 aromatic rings. The van der Waals surface area contributed by atoms with Gasteiger partial charge in [0.05, 0.1) is 0 Å². The minimum Gasteiger partial charge on any atom is -0.306 e. The summed E-state index contributed by atoms with van der Waals surface area (Å²) in [4.78, 5) is 4.00. The summed E-state index contributed by atoms with van der Waals surface area (Å²) >= 11 is 0. The Hall–Kier alpha value is -2.25. The van der Waals surface area contributed by atoms with Gasteiger partial charge in [-0.3, -0.25) is 0 Å². The Bertz CT molecular complexity index is 604. The van der Waals surface area contributed by atoms with Crippen LogP contribution < -0.4 is 5.32 Å². The van der Waals surface area contributed by atoms with Crippen molar-refractivity contribution in [2.45, 2.75) is 19.5 Å². The summed E-state index contributed by atoms with van der Waals surface area (Å²) in [7, 11) is 0. The molecule has 1 heterocycles. The van der Waals surface area contributed by atoms with Crippen LogP contribution in [0.1, 0.15) is 29.8 Å². The van der Waals surface area contributed by atoms with Crippen LogP contribution in [0.15, 0.2) is 42.6 Å². The summed E-state index contributed by atoms with van der Waals surface area (Å²) in [5.74, 6) is -0.245. The first-order chi connectivity index (χ1) is 9.20. The molecular weight excluding hydrogens is 241 g/mol. The fourth-order valence-electron chi connectivity index (χ4n) is 1.84. The van der Waals surface area contributed by atoms with E-state index >= 15 is 0 Å². The highest BCUT2D eigenvalue weighted by Gasteiger charge is 2.07. The highest BCUT2D eigenvalue weighted by atomic mass is 19.1. The molecule has 0 saturated heterocycles. The van der Waals surface area contributed by atoms with Crippen LogP contribution in [0, 0.1) is 17.1 Å². The molecule has 4 heteroatoms. The Morgan fingerprint density at radius 3 is 2.95 bits per heavy atom. The number of halogens is 1. The van der Waals surface area contributed by atoms with E-state index in [4.69, 9.17) is 5.26 Å². The first kappa shape index (κ1) is 13.2. The summed E-state index contributed by atoms with van der Waals surface area (Å²) in [5, 5.41) is 12.2. The van der Waals surface area contributed by atoms with Crippen molar-refractivity contribution in [3.05, 3.63) is 65.2 Å². The third kappa shape index (κ3) is 3.36. The van der Waals surface area contributed by atoms with Gasteiger partial charge < -0.3 is 5.32 Å². The lowest BCUT2D eigenvalue weighted by Gasteiger charge is -2.14. The Kier molecular flexibility index (Phi) is 4.22. The van der Waals surface area contributed by atoms with Gasteiger partial charge in [0.15, 0.2) is 0 Å². The number of nitrogens with one attached hydrogen (secondary N) is 1. The maximum atomic E-state index is 13.1. The second-order valence-corrected chi connectivity index (χ2v) is 4.28. The summed E-state index contributed by atoms with van der Waals surface area (Å²) in [6.07, 6.45) is 1.60. The van der Waals surface area contributed by atoms with Crippen LogP contribution in [-0.4, -0.2) is 4.98 Å². The van der Waals surface area contributed by atoms with E-state index in [0.29, 0.717) is 12.2 Å². The van der Waals surface area contributed by atoms with E-state index in [1.54, 1.807) is 18.3 Å². The van der Waals surface area contributed by atoms with E-state index in [1.165, 1.54) is 12.1 Å². The fourth-order valence-corrected chi connectivity index (χ4v) is 1.84. The summed E-state index contributed by atoms with van der Waals surface area (Å²) in [6.45, 7) is 2.48. The van der Waals surface area contributed by atoms with Crippen molar-refractivity contribution in [1.29, 1.82) is 5.26 Å². The molecule has 1 aromatic heterocycles. The minimum atomic E-state index is -0.245. The molecule has 0 aliphatic rings. The largest absolute Gasteiger partial charge is 0.306 e. The monoisotopic (exact) mass is 255 g/mol. The number of hydrogen-bond acceptors (Lipinski definition) is 3. The molecule has 0 spiro atoms. The molecule has 0 aliphatic heterocycles. The summed E-state index contributed by atoms with van der Waals surface area (Å²) in [5.41, 5.74) is 2.14. The average molecular weight is 255 g/mol. The van der Waals surface area contributed by atoms with Gasteiger partial charge in [0, 0.05) is 24.3 Å². The lowest BCUT2D eigenvalue weighted by molar-refractivity contribution is 0.564. The van der Waals surface area contributed by atoms with Gasteiger partial charge in [0.2, 0.25) is 0 Å². The smallest absolute Gasteiger partial charge is 0.144 e. The van der Waals surface area contributed by atoms with Gasteiger partial charge in [-0.25, -0.2) is 9.37 Å². The third-order valence-corrected chi connectivity index (χ3v) is 2.94. The predicted molar refractivity (Wildman–Crippen MR) is 70.6 cm³/mol. The lowest BCUT2D eigenvalue weighted by Crippen LogP contribution is -2.19. The fraction of sp³-hybridized carbons (Fsp3) is 0.200. The number of rotatable bonds is 4. The second-order valence-electron chi connectivity index (χ2n) is 4.28. The van der Waals surface area contributed by atoms with Crippen molar-refractivity contribution in [3.8, 4) is 6.07 Å². The zero-order valence-electron chi connectivity index (χ0n) is 10.6. The van der Waals surface area contributed by atoms with Gasteiger partial charge in [-0.2, -0.15) is 5.26 Å². The van der Waals surface area contributed by atoms with Crippen molar-refractivity contribution in [2.75, 3.05) is 0 Å². The van der Waals surface area contributed by atoms with Crippen molar-refractivity contribution >= 4 is 0 Å². The summed E-state index contributed by atoms with van der Waals surface area (Å²) < 4.78 is 13.1. The van der Waals surface area contributed by atoms with Crippen molar-refractivity contribution in [1.82, 2.24) is 10.3 Å². The molecule has 0 unspecified atom stereocenters. The molecule has 0 aliphatic carbocycles. The first-order valence-corrected chi connectivity index (χ1v) is 6.03. The third-order valence-electron chi connectivity index (χ3n) is 2.94. The maximum absolute atomic E-state index is 13.1. The van der Waals surface area contributed by atoms with Crippen LogP contribution >= 0.6 is 0 Å². The first-order valence-electron chi connectivity index (χ1n) is 6.03. The molecule has 1 atom stereocenters. The molecular formula is C15H14FN3. The highest BCUT2D eigenvalue weighted by molar-refractivity contribution is 5.30. The van der Waals surface area contributed by atoms with Crippen LogP contribution in [0.4, 0.5) is 4.39 Å². The predicted octanol–water partition coefficient (Wildman–Crippen LogP) is 2.94. The average Bonchev–Trinajstić information content (AvgIpc) is 2.45. The zero-order valence-corrected chi connectivity index (χ0v) is 10.6. The quantitative estimate of drug-likeness (QED) is 0.913. The van der Waals surface area contributed by atoms with E-state index in [1.807, 2.05) is 19.1 Å². The van der Waals surface area contributed by atoms with Gasteiger partial charge in [0.1, 0.15) is 17.6 Å². The van der Waals surface area contributed by atoms with Gasteiger partial charge in [0.25, 0.3) is 0 Å². The number of aromatic nitrogens is 1. The minimum absolute atomic E-state index is 0.00227. The maximum Gasteiger partial charge on any atom is 0.144 e. The summed E-state index contributed by atoms with van der Waals surface area (Å²) in [6, 6.07) is 12.2. The molecule has 0 saturated carbocycles. The van der Waals surface area contributed by atoms with E-state index < -0.39 is 0 Å². The normalized spacial score (nSPS) is 11.8. The van der Waals surface area contributed by atoms with Crippen LogP contribution in [0.25, 0.3) is 0 Å². The molecule has 0 radical (unpaired) electrons. The van der Waals surface area contributed by atoms with E-state index in [-0.39, 0.29) is 11.9 Å². The zero-order chi connectivity index (χ0) is 13.7. The molecule has 0 bridgehead atoms. The standard InChI is InChI=1S/C15H14FN3/c1-11(12-4-2-6-14(16)8-12)19-10-13-5-3-7-18-15(13)9-17/h2-8,11,19H,10H2,1H3/t11-/m0/s1. The molecule has 0 fully saturated rings. The lowest BCUT2D eigenvalue weighted by atomic mass is 10.1. The van der Waals surface area contributed by atoms with Crippen LogP contribution in [-0.2, 0) is 6.54 Å². The number of benzene rings is 1. The Labute approximate surface area is 111 Å². The molecule has 1 aromatic carbocycles. The molecule has 96 valence electrons. The van der Waals surface area contributed by atoms with E-state index in [2.05, 4.69) is 16.4 Å². The molecule has 0 amide bonds. The van der Waals surface area contributed by atoms with Crippen LogP contribution in [0.3, 0.4) is 0 Å². The van der Waals surface area contributed by atoms with Gasteiger partial charge in [-0.1, -0.05) is 18.2 Å². The Balaban J connectivity index is 2.05. The van der Waals surface area contributed by atoms with Crippen molar-refractivity contribution in [2.24, 2.45) is 0 Å². The van der Waals surface area contributed by atoms with E-state index in [0.717, 1.165) is 11.1 Å². The Morgan fingerprint density at radius 2 is 2.21 bits per heavy atom. The highest BCUT2D eigenvalue weighted by Crippen LogP contribution is 2.14. The van der Waals surface area contributed by atoms with Crippen molar-refractivity contribution < 1.29 is 4.39 Å². The second kappa shape index (κ2) is 6.07. The molecule has 3 nitrogen and oxygen atoms in total. The van der Waals surface area contributed by atoms with Gasteiger partial charge >= 0.3 is 0 Å². The molecule has 19 heavy (non-hydrogen) atoms. The number of pyridine rings is 1. The van der Waals surface area contributed by atoms with Crippen LogP contribution in [0.5, 0.6) is 0 Å². The topological polar surface area (TPSA) is 48.7 Å². The van der Waals surface area contributed by atoms with Gasteiger partial charge in [-0.15, -0.1) is 0 Å². The van der Waals surface area contributed by atoms with Crippen molar-refractivity contribution in [3.63, 3.8) is 0 Å². The Morgan fingerprint density at radius 1 is 1.37 bits per heavy atom. The number of nitrogens with zero attached hydrogens (tertiary/aromatic N) is 2.